The first kappa shape index (κ1) is 44.1. The van der Waals surface area contributed by atoms with Gasteiger partial charge in [0, 0.05) is 44.4 Å². The zero-order chi connectivity index (χ0) is 38.8. The van der Waals surface area contributed by atoms with Crippen LogP contribution < -0.4 is 5.32 Å². The molecule has 0 saturated carbocycles. The molecule has 3 saturated heterocycles. The summed E-state index contributed by atoms with van der Waals surface area (Å²) in [7, 11) is 4.75. The van der Waals surface area contributed by atoms with Crippen molar-refractivity contribution in [1.29, 1.82) is 0 Å². The number of likely N-dealkylation sites (N-methyl/N-ethyl adjacent to an activating group) is 1. The van der Waals surface area contributed by atoms with Gasteiger partial charge in [-0.25, -0.2) is 0 Å². The average molecular weight is 734 g/mol. The molecule has 0 spiro atoms. The molecule has 5 N–H and O–H groups in total. The van der Waals surface area contributed by atoms with Gasteiger partial charge in [0.25, 0.3) is 0 Å². The normalized spacial score (nSPS) is 49.6. The molecule has 51 heavy (non-hydrogen) atoms. The van der Waals surface area contributed by atoms with Crippen LogP contribution >= 0.6 is 0 Å². The third-order valence-electron chi connectivity index (χ3n) is 12.0. The highest BCUT2D eigenvalue weighted by molar-refractivity contribution is 5.83. The van der Waals surface area contributed by atoms with Gasteiger partial charge in [-0.05, 0) is 67.9 Å². The van der Waals surface area contributed by atoms with Crippen LogP contribution in [0.25, 0.3) is 0 Å². The lowest BCUT2D eigenvalue weighted by Gasteiger charge is -2.49. The molecule has 0 radical (unpaired) electrons. The van der Waals surface area contributed by atoms with Crippen LogP contribution in [0.2, 0.25) is 0 Å². The molecule has 3 rings (SSSR count). The minimum absolute atomic E-state index is 0.109. The molecule has 3 heterocycles. The Morgan fingerprint density at radius 3 is 2.02 bits per heavy atom. The molecule has 0 aromatic carbocycles. The van der Waals surface area contributed by atoms with Crippen molar-refractivity contribution >= 4 is 11.8 Å². The summed E-state index contributed by atoms with van der Waals surface area (Å²) in [4.78, 5) is 28.1. The Bertz CT molecular complexity index is 1160. The number of rotatable bonds is 8. The van der Waals surface area contributed by atoms with Crippen molar-refractivity contribution in [3.05, 3.63) is 0 Å². The van der Waals surface area contributed by atoms with Crippen LogP contribution in [-0.2, 0) is 42.7 Å². The van der Waals surface area contributed by atoms with Crippen LogP contribution in [0.1, 0.15) is 94.9 Å². The number of Topliss-reactive ketones (excluding diaryl/α,β-unsaturated/α-hetero) is 1. The molecule has 3 fully saturated rings. The van der Waals surface area contributed by atoms with E-state index >= 15 is 0 Å². The number of esters is 1. The third-order valence-corrected chi connectivity index (χ3v) is 12.0. The lowest BCUT2D eigenvalue weighted by atomic mass is 9.74. The highest BCUT2D eigenvalue weighted by Crippen LogP contribution is 2.41. The van der Waals surface area contributed by atoms with Gasteiger partial charge in [0.2, 0.25) is 0 Å². The van der Waals surface area contributed by atoms with Gasteiger partial charge in [0.15, 0.2) is 12.6 Å². The fraction of sp³-hybridized carbons (Fsp3) is 0.946. The van der Waals surface area contributed by atoms with Crippen LogP contribution in [0.5, 0.6) is 0 Å². The summed E-state index contributed by atoms with van der Waals surface area (Å²) in [6, 6.07) is -0.334. The zero-order valence-electron chi connectivity index (χ0n) is 33.0. The van der Waals surface area contributed by atoms with Gasteiger partial charge in [0.1, 0.15) is 29.7 Å². The zero-order valence-corrected chi connectivity index (χ0v) is 33.0. The van der Waals surface area contributed by atoms with Crippen molar-refractivity contribution < 1.29 is 63.2 Å². The van der Waals surface area contributed by atoms with Crippen LogP contribution in [0, 0.1) is 23.7 Å². The monoisotopic (exact) mass is 733 g/mol. The fourth-order valence-corrected chi connectivity index (χ4v) is 8.38. The molecule has 0 amide bonds. The van der Waals surface area contributed by atoms with Crippen molar-refractivity contribution in [2.75, 3.05) is 21.3 Å². The molecule has 14 nitrogen and oxygen atoms in total. The van der Waals surface area contributed by atoms with E-state index in [9.17, 15) is 30.0 Å². The van der Waals surface area contributed by atoms with Crippen molar-refractivity contribution in [3.8, 4) is 0 Å². The van der Waals surface area contributed by atoms with Crippen LogP contribution in [0.4, 0.5) is 0 Å². The maximum atomic E-state index is 14.1. The fourth-order valence-electron chi connectivity index (χ4n) is 8.38. The molecule has 0 aromatic heterocycles. The standard InChI is InChI=1S/C37H67NO13/c1-14-25-37(10,44)30(41)20(4)27(39)18(2)16-36(9,46-13)32(51-34-28(40)24(38-11)15-19(3)47-34)21(5)29(22(6)33(43)49-25)50-26-17-35(8,45-12)31(42)23(7)48-26/h18-26,28-32,34,38,40-42,44H,14-17H2,1-13H3/t18-,19-,20-,21+,22-,23+,24+,25+,26+,28-,29-,30-,31+,32-,34+,35-,36+,37-/m1/s1. The van der Waals surface area contributed by atoms with Gasteiger partial charge in [-0.2, -0.15) is 0 Å². The third kappa shape index (κ3) is 9.33. The number of carbonyl (C=O) groups is 2. The number of methoxy groups -OCH3 is 2. The molecule has 0 unspecified atom stereocenters. The number of ether oxygens (including phenoxy) is 7. The topological polar surface area (TPSA) is 192 Å². The predicted octanol–water partition coefficient (Wildman–Crippen LogP) is 2.10. The van der Waals surface area contributed by atoms with E-state index in [1.807, 2.05) is 13.8 Å². The first-order valence-corrected chi connectivity index (χ1v) is 18.5. The Labute approximate surface area is 304 Å². The lowest BCUT2D eigenvalue weighted by molar-refractivity contribution is -0.317. The van der Waals surface area contributed by atoms with Crippen molar-refractivity contribution in [2.45, 2.75) is 179 Å². The smallest absolute Gasteiger partial charge is 0.311 e. The van der Waals surface area contributed by atoms with Crippen LogP contribution in [0.3, 0.4) is 0 Å². The number of ketones is 1. The molecule has 0 bridgehead atoms. The molecular formula is C37H67NO13. The average Bonchev–Trinajstić information content (AvgIpc) is 3.09. The first-order valence-electron chi connectivity index (χ1n) is 18.5. The van der Waals surface area contributed by atoms with E-state index in [1.54, 1.807) is 55.5 Å². The van der Waals surface area contributed by atoms with E-state index in [1.165, 1.54) is 21.1 Å². The molecular weight excluding hydrogens is 666 g/mol. The van der Waals surface area contributed by atoms with Crippen LogP contribution in [0.15, 0.2) is 0 Å². The summed E-state index contributed by atoms with van der Waals surface area (Å²) >= 11 is 0. The molecule has 298 valence electrons. The van der Waals surface area contributed by atoms with E-state index < -0.39 is 102 Å². The van der Waals surface area contributed by atoms with Crippen LogP contribution in [-0.4, -0.2) is 138 Å². The summed E-state index contributed by atoms with van der Waals surface area (Å²) in [6.45, 7) is 17.0. The molecule has 14 heteroatoms. The minimum Gasteiger partial charge on any atom is -0.459 e. The number of carbonyl (C=O) groups excluding carboxylic acids is 2. The highest BCUT2D eigenvalue weighted by Gasteiger charge is 2.54. The van der Waals surface area contributed by atoms with E-state index in [4.69, 9.17) is 33.2 Å². The van der Waals surface area contributed by atoms with Gasteiger partial charge in [-0.3, -0.25) is 9.59 Å². The van der Waals surface area contributed by atoms with Gasteiger partial charge < -0.3 is 58.9 Å². The Morgan fingerprint density at radius 1 is 0.863 bits per heavy atom. The van der Waals surface area contributed by atoms with E-state index in [2.05, 4.69) is 5.32 Å². The summed E-state index contributed by atoms with van der Waals surface area (Å²) < 4.78 is 43.7. The lowest BCUT2D eigenvalue weighted by Crippen LogP contribution is -2.61. The van der Waals surface area contributed by atoms with E-state index in [0.717, 1.165) is 0 Å². The summed E-state index contributed by atoms with van der Waals surface area (Å²) in [5.41, 5.74) is -4.24. The Morgan fingerprint density at radius 2 is 1.47 bits per heavy atom. The van der Waals surface area contributed by atoms with Gasteiger partial charge in [-0.15, -0.1) is 0 Å². The SMILES string of the molecule is CC[C@@H]1OC(=O)[C@H](C)[C@H](O[C@H]2C[C@@](C)(OC)[C@@H](O)[C@H](C)O2)[C@H](C)[C@@H](O[C@@H]2O[C@H](C)C[C@H](NC)[C@H]2O)[C@@](C)(OC)C[C@@H](C)C(=O)[C@@H](C)[C@@H](O)[C@]1(C)O. The van der Waals surface area contributed by atoms with Gasteiger partial charge in [-0.1, -0.05) is 27.7 Å². The van der Waals surface area contributed by atoms with E-state index in [-0.39, 0.29) is 37.2 Å². The number of aliphatic hydroxyl groups is 4. The number of nitrogens with one attached hydrogen (secondary N) is 1. The maximum Gasteiger partial charge on any atom is 0.311 e. The second kappa shape index (κ2) is 17.4. The number of cyclic esters (lactones) is 1. The van der Waals surface area contributed by atoms with Crippen molar-refractivity contribution in [1.82, 2.24) is 5.32 Å². The van der Waals surface area contributed by atoms with Gasteiger partial charge >= 0.3 is 5.97 Å². The number of hydrogen-bond donors (Lipinski definition) is 5. The Balaban J connectivity index is 2.21. The summed E-state index contributed by atoms with van der Waals surface area (Å²) in [5.74, 6) is -4.47. The Hall–Kier alpha value is -1.30. The van der Waals surface area contributed by atoms with Crippen molar-refractivity contribution in [3.63, 3.8) is 0 Å². The molecule has 3 aliphatic rings. The molecule has 0 aliphatic carbocycles. The van der Waals surface area contributed by atoms with Gasteiger partial charge in [0.05, 0.1) is 47.6 Å². The predicted molar refractivity (Wildman–Crippen MR) is 186 cm³/mol. The highest BCUT2D eigenvalue weighted by atomic mass is 16.7. The number of aliphatic hydroxyl groups excluding tert-OH is 3. The molecule has 18 atom stereocenters. The maximum absolute atomic E-state index is 14.1. The first-order chi connectivity index (χ1) is 23.6. The largest absolute Gasteiger partial charge is 0.459 e. The second-order valence-electron chi connectivity index (χ2n) is 16.0. The molecule has 0 aromatic rings. The van der Waals surface area contributed by atoms with E-state index in [0.29, 0.717) is 6.42 Å². The minimum atomic E-state index is -1.96. The second-order valence-corrected chi connectivity index (χ2v) is 16.0. The van der Waals surface area contributed by atoms with Crippen molar-refractivity contribution in [2.24, 2.45) is 23.7 Å². The summed E-state index contributed by atoms with van der Waals surface area (Å²) in [5, 5.41) is 48.4. The summed E-state index contributed by atoms with van der Waals surface area (Å²) in [6.07, 6.45) is -8.78. The quantitative estimate of drug-likeness (QED) is 0.228. The number of hydrogen-bond acceptors (Lipinski definition) is 14. The Kier molecular flexibility index (Phi) is 15.1. The molecule has 3 aliphatic heterocycles.